The molecule has 2 aliphatic rings. The lowest BCUT2D eigenvalue weighted by Crippen LogP contribution is -2.33. The van der Waals surface area contributed by atoms with E-state index in [1.165, 1.54) is 25.0 Å². The van der Waals surface area contributed by atoms with Gasteiger partial charge in [0.05, 0.1) is 11.4 Å². The maximum atomic E-state index is 12.2. The SMILES string of the molecule is NC(=O)N1c2ccccc2C=C(N2CCCCC2)c2ccccc21. The zero-order valence-electron chi connectivity index (χ0n) is 13.6. The number of hydrogen-bond donors (Lipinski definition) is 1. The van der Waals surface area contributed by atoms with E-state index in [0.717, 1.165) is 35.6 Å². The highest BCUT2D eigenvalue weighted by atomic mass is 16.2. The van der Waals surface area contributed by atoms with Crippen molar-refractivity contribution < 1.29 is 4.79 Å². The number of urea groups is 1. The molecule has 0 bridgehead atoms. The lowest BCUT2D eigenvalue weighted by atomic mass is 10.0. The molecule has 2 amide bonds. The molecule has 0 spiro atoms. The summed E-state index contributed by atoms with van der Waals surface area (Å²) in [5.74, 6) is 0. The van der Waals surface area contributed by atoms with Crippen LogP contribution in [0.1, 0.15) is 30.4 Å². The minimum Gasteiger partial charge on any atom is -0.371 e. The number of likely N-dealkylation sites (tertiary alicyclic amines) is 1. The first-order valence-corrected chi connectivity index (χ1v) is 8.50. The van der Waals surface area contributed by atoms with Crippen molar-refractivity contribution in [2.75, 3.05) is 18.0 Å². The molecule has 0 saturated carbocycles. The van der Waals surface area contributed by atoms with Crippen LogP contribution >= 0.6 is 0 Å². The van der Waals surface area contributed by atoms with Gasteiger partial charge in [-0.05, 0) is 37.5 Å². The van der Waals surface area contributed by atoms with Gasteiger partial charge in [0.25, 0.3) is 0 Å². The average Bonchev–Trinajstić information content (AvgIpc) is 2.77. The smallest absolute Gasteiger partial charge is 0.323 e. The van der Waals surface area contributed by atoms with E-state index in [1.807, 2.05) is 42.5 Å². The highest BCUT2D eigenvalue weighted by molar-refractivity contribution is 6.06. The number of para-hydroxylation sites is 2. The summed E-state index contributed by atoms with van der Waals surface area (Å²) in [7, 11) is 0. The van der Waals surface area contributed by atoms with E-state index in [0.29, 0.717) is 0 Å². The third kappa shape index (κ3) is 2.44. The average molecular weight is 319 g/mol. The van der Waals surface area contributed by atoms with Gasteiger partial charge >= 0.3 is 6.03 Å². The number of piperidine rings is 1. The van der Waals surface area contributed by atoms with E-state index in [-0.39, 0.29) is 0 Å². The number of primary amides is 1. The van der Waals surface area contributed by atoms with Crippen LogP contribution < -0.4 is 10.6 Å². The standard InChI is InChI=1S/C20H21N3O/c21-20(24)23-17-10-4-2-8-15(17)14-19(22-12-6-1-7-13-22)16-9-3-5-11-18(16)23/h2-5,8-11,14H,1,6-7,12-13H2,(H2,21,24). The Morgan fingerprint density at radius 1 is 0.875 bits per heavy atom. The van der Waals surface area contributed by atoms with Crippen molar-refractivity contribution in [3.63, 3.8) is 0 Å². The van der Waals surface area contributed by atoms with Gasteiger partial charge in [-0.3, -0.25) is 4.90 Å². The highest BCUT2D eigenvalue weighted by Crippen LogP contribution is 2.41. The molecule has 2 aliphatic heterocycles. The monoisotopic (exact) mass is 319 g/mol. The summed E-state index contributed by atoms with van der Waals surface area (Å²) in [6.45, 7) is 2.11. The lowest BCUT2D eigenvalue weighted by molar-refractivity contribution is 0.256. The Hall–Kier alpha value is -2.75. The van der Waals surface area contributed by atoms with Crippen molar-refractivity contribution in [1.29, 1.82) is 0 Å². The highest BCUT2D eigenvalue weighted by Gasteiger charge is 2.27. The second-order valence-corrected chi connectivity index (χ2v) is 6.33. The predicted molar refractivity (Wildman–Crippen MR) is 97.9 cm³/mol. The molecule has 2 heterocycles. The van der Waals surface area contributed by atoms with Crippen molar-refractivity contribution in [2.45, 2.75) is 19.3 Å². The largest absolute Gasteiger partial charge is 0.371 e. The number of benzene rings is 2. The number of hydrogen-bond acceptors (Lipinski definition) is 2. The van der Waals surface area contributed by atoms with Crippen LogP contribution in [0, 0.1) is 0 Å². The number of carbonyl (C=O) groups is 1. The van der Waals surface area contributed by atoms with E-state index in [1.54, 1.807) is 4.90 Å². The molecule has 4 nitrogen and oxygen atoms in total. The van der Waals surface area contributed by atoms with Crippen LogP contribution in [0.15, 0.2) is 48.5 Å². The second-order valence-electron chi connectivity index (χ2n) is 6.33. The van der Waals surface area contributed by atoms with Crippen LogP contribution in [0.2, 0.25) is 0 Å². The maximum absolute atomic E-state index is 12.2. The molecular formula is C20H21N3O. The number of anilines is 2. The van der Waals surface area contributed by atoms with Gasteiger partial charge in [-0.15, -0.1) is 0 Å². The third-order valence-electron chi connectivity index (χ3n) is 4.81. The summed E-state index contributed by atoms with van der Waals surface area (Å²) >= 11 is 0. The van der Waals surface area contributed by atoms with Crippen LogP contribution in [0.25, 0.3) is 11.8 Å². The first kappa shape index (κ1) is 14.8. The molecule has 0 unspecified atom stereocenters. The quantitative estimate of drug-likeness (QED) is 0.856. The van der Waals surface area contributed by atoms with Crippen molar-refractivity contribution in [3.05, 3.63) is 59.7 Å². The van der Waals surface area contributed by atoms with E-state index >= 15 is 0 Å². The van der Waals surface area contributed by atoms with Crippen LogP contribution in [-0.4, -0.2) is 24.0 Å². The topological polar surface area (TPSA) is 49.6 Å². The van der Waals surface area contributed by atoms with E-state index in [2.05, 4.69) is 17.0 Å². The number of nitrogens with two attached hydrogens (primary N) is 1. The number of rotatable bonds is 1. The molecule has 0 radical (unpaired) electrons. The van der Waals surface area contributed by atoms with E-state index in [9.17, 15) is 4.79 Å². The summed E-state index contributed by atoms with van der Waals surface area (Å²) in [4.78, 5) is 16.3. The molecule has 0 atom stereocenters. The molecule has 122 valence electrons. The molecule has 24 heavy (non-hydrogen) atoms. The van der Waals surface area contributed by atoms with Crippen LogP contribution in [0.4, 0.5) is 16.2 Å². The summed E-state index contributed by atoms with van der Waals surface area (Å²) in [5, 5.41) is 0. The van der Waals surface area contributed by atoms with Crippen LogP contribution in [0.5, 0.6) is 0 Å². The van der Waals surface area contributed by atoms with Crippen molar-refractivity contribution >= 4 is 29.2 Å². The minimum absolute atomic E-state index is 0.455. The van der Waals surface area contributed by atoms with Gasteiger partial charge in [0.2, 0.25) is 0 Å². The predicted octanol–water partition coefficient (Wildman–Crippen LogP) is 4.20. The van der Waals surface area contributed by atoms with E-state index < -0.39 is 6.03 Å². The number of fused-ring (bicyclic) bond motifs is 2. The van der Waals surface area contributed by atoms with Gasteiger partial charge in [0.15, 0.2) is 0 Å². The van der Waals surface area contributed by atoms with E-state index in [4.69, 9.17) is 5.73 Å². The van der Waals surface area contributed by atoms with Gasteiger partial charge in [-0.2, -0.15) is 0 Å². The number of amides is 2. The maximum Gasteiger partial charge on any atom is 0.323 e. The number of nitrogens with zero attached hydrogens (tertiary/aromatic N) is 2. The van der Waals surface area contributed by atoms with Gasteiger partial charge in [0.1, 0.15) is 0 Å². The molecule has 0 aromatic heterocycles. The fraction of sp³-hybridized carbons (Fsp3) is 0.250. The molecular weight excluding hydrogens is 298 g/mol. The first-order valence-electron chi connectivity index (χ1n) is 8.50. The van der Waals surface area contributed by atoms with Gasteiger partial charge in [0, 0.05) is 29.9 Å². The van der Waals surface area contributed by atoms with Crippen LogP contribution in [-0.2, 0) is 0 Å². The minimum atomic E-state index is -0.455. The third-order valence-corrected chi connectivity index (χ3v) is 4.81. The fourth-order valence-corrected chi connectivity index (χ4v) is 3.69. The molecule has 0 aliphatic carbocycles. The Balaban J connectivity index is 1.95. The molecule has 1 saturated heterocycles. The number of carbonyl (C=O) groups excluding carboxylic acids is 1. The zero-order valence-corrected chi connectivity index (χ0v) is 13.6. The molecule has 2 aromatic carbocycles. The zero-order chi connectivity index (χ0) is 16.5. The summed E-state index contributed by atoms with van der Waals surface area (Å²) in [6.07, 6.45) is 5.90. The molecule has 2 aromatic rings. The van der Waals surface area contributed by atoms with Gasteiger partial charge in [-0.25, -0.2) is 4.79 Å². The normalized spacial score (nSPS) is 16.8. The van der Waals surface area contributed by atoms with Crippen molar-refractivity contribution in [2.24, 2.45) is 5.73 Å². The summed E-state index contributed by atoms with van der Waals surface area (Å²) in [5.41, 5.74) is 10.7. The lowest BCUT2D eigenvalue weighted by Gasteiger charge is -2.32. The van der Waals surface area contributed by atoms with Gasteiger partial charge < -0.3 is 10.6 Å². The Morgan fingerprint density at radius 3 is 2.29 bits per heavy atom. The summed E-state index contributed by atoms with van der Waals surface area (Å²) in [6, 6.07) is 15.5. The van der Waals surface area contributed by atoms with Crippen LogP contribution in [0.3, 0.4) is 0 Å². The Morgan fingerprint density at radius 2 is 1.54 bits per heavy atom. The Kier molecular flexibility index (Phi) is 3.73. The second kappa shape index (κ2) is 6.04. The van der Waals surface area contributed by atoms with Crippen molar-refractivity contribution in [1.82, 2.24) is 4.90 Å². The van der Waals surface area contributed by atoms with Crippen molar-refractivity contribution in [3.8, 4) is 0 Å². The molecule has 2 N–H and O–H groups in total. The Bertz CT molecular complexity index is 806. The first-order chi connectivity index (χ1) is 11.8. The Labute approximate surface area is 142 Å². The molecule has 4 heteroatoms. The fourth-order valence-electron chi connectivity index (χ4n) is 3.69. The van der Waals surface area contributed by atoms with Gasteiger partial charge in [-0.1, -0.05) is 36.4 Å². The molecule has 1 fully saturated rings. The summed E-state index contributed by atoms with van der Waals surface area (Å²) < 4.78 is 0. The molecule has 4 rings (SSSR count).